The minimum atomic E-state index is 0.0900. The molecule has 4 nitrogen and oxygen atoms in total. The molecule has 1 N–H and O–H groups in total. The van der Waals surface area contributed by atoms with E-state index in [4.69, 9.17) is 23.2 Å². The van der Waals surface area contributed by atoms with Gasteiger partial charge in [0.15, 0.2) is 0 Å². The van der Waals surface area contributed by atoms with Gasteiger partial charge in [0.25, 0.3) is 0 Å². The molecule has 1 aromatic heterocycles. The third kappa shape index (κ3) is 3.84. The van der Waals surface area contributed by atoms with Crippen LogP contribution in [0.3, 0.4) is 0 Å². The quantitative estimate of drug-likeness (QED) is 0.927. The first kappa shape index (κ1) is 12.1. The van der Waals surface area contributed by atoms with Crippen LogP contribution in [-0.2, 0) is 6.42 Å². The highest BCUT2D eigenvalue weighted by Gasteiger charge is 2.02. The largest absolute Gasteiger partial charge is 0.354 e. The average molecular weight is 269 g/mol. The van der Waals surface area contributed by atoms with Gasteiger partial charge in [-0.1, -0.05) is 30.3 Å². The van der Waals surface area contributed by atoms with Crippen molar-refractivity contribution in [3.05, 3.63) is 46.5 Å². The van der Waals surface area contributed by atoms with Gasteiger partial charge in [-0.25, -0.2) is 0 Å². The number of hydrogen-bond donors (Lipinski definition) is 1. The highest BCUT2D eigenvalue weighted by molar-refractivity contribution is 6.31. The van der Waals surface area contributed by atoms with Gasteiger partial charge >= 0.3 is 0 Å². The number of nitrogens with zero attached hydrogens (tertiary/aromatic N) is 3. The average Bonchev–Trinajstić information content (AvgIpc) is 2.29. The van der Waals surface area contributed by atoms with Crippen LogP contribution >= 0.6 is 23.2 Å². The molecule has 2 rings (SSSR count). The van der Waals surface area contributed by atoms with E-state index in [2.05, 4.69) is 32.4 Å². The maximum atomic E-state index is 5.66. The Hall–Kier alpha value is -1.39. The molecule has 0 bridgehead atoms. The van der Waals surface area contributed by atoms with E-state index < -0.39 is 0 Å². The molecule has 0 aliphatic carbocycles. The summed E-state index contributed by atoms with van der Waals surface area (Å²) in [6.45, 7) is 0.709. The molecule has 0 amide bonds. The molecule has 6 heteroatoms. The van der Waals surface area contributed by atoms with E-state index in [0.29, 0.717) is 12.5 Å². The molecule has 0 unspecified atom stereocenters. The van der Waals surface area contributed by atoms with Crippen molar-refractivity contribution in [2.24, 2.45) is 0 Å². The van der Waals surface area contributed by atoms with Crippen molar-refractivity contribution >= 4 is 29.2 Å². The van der Waals surface area contributed by atoms with E-state index in [1.165, 1.54) is 5.56 Å². The lowest BCUT2D eigenvalue weighted by Gasteiger charge is -2.04. The van der Waals surface area contributed by atoms with Crippen molar-refractivity contribution in [2.75, 3.05) is 11.9 Å². The summed E-state index contributed by atoms with van der Waals surface area (Å²) < 4.78 is 0. The zero-order valence-electron chi connectivity index (χ0n) is 8.90. The maximum Gasteiger partial charge on any atom is 0.228 e. The van der Waals surface area contributed by atoms with E-state index in [1.54, 1.807) is 0 Å². The van der Waals surface area contributed by atoms with Crippen molar-refractivity contribution < 1.29 is 0 Å². The van der Waals surface area contributed by atoms with Gasteiger partial charge in [0, 0.05) is 6.54 Å². The highest BCUT2D eigenvalue weighted by atomic mass is 35.5. The zero-order valence-corrected chi connectivity index (χ0v) is 10.4. The van der Waals surface area contributed by atoms with Crippen molar-refractivity contribution in [3.63, 3.8) is 0 Å². The first-order valence-corrected chi connectivity index (χ1v) is 5.84. The summed E-state index contributed by atoms with van der Waals surface area (Å²) in [5.41, 5.74) is 1.24. The Balaban J connectivity index is 1.90. The Kier molecular flexibility index (Phi) is 4.12. The van der Waals surface area contributed by atoms with Gasteiger partial charge in [0.1, 0.15) is 0 Å². The fraction of sp³-hybridized carbons (Fsp3) is 0.182. The van der Waals surface area contributed by atoms with Crippen LogP contribution in [0, 0.1) is 0 Å². The molecular weight excluding hydrogens is 259 g/mol. The van der Waals surface area contributed by atoms with Crippen molar-refractivity contribution in [3.8, 4) is 0 Å². The minimum Gasteiger partial charge on any atom is -0.354 e. The summed E-state index contributed by atoms with van der Waals surface area (Å²) in [7, 11) is 0. The van der Waals surface area contributed by atoms with E-state index in [-0.39, 0.29) is 10.6 Å². The first-order valence-electron chi connectivity index (χ1n) is 5.09. The summed E-state index contributed by atoms with van der Waals surface area (Å²) in [5.74, 6) is 0.394. The second-order valence-electron chi connectivity index (χ2n) is 3.36. The second-order valence-corrected chi connectivity index (χ2v) is 4.04. The summed E-state index contributed by atoms with van der Waals surface area (Å²) in [6.07, 6.45) is 0.877. The highest BCUT2D eigenvalue weighted by Crippen LogP contribution is 2.09. The van der Waals surface area contributed by atoms with Crippen LogP contribution < -0.4 is 5.32 Å². The summed E-state index contributed by atoms with van der Waals surface area (Å²) >= 11 is 11.3. The van der Waals surface area contributed by atoms with Crippen LogP contribution in [0.1, 0.15) is 5.56 Å². The Morgan fingerprint density at radius 1 is 0.941 bits per heavy atom. The molecule has 17 heavy (non-hydrogen) atoms. The third-order valence-corrected chi connectivity index (χ3v) is 2.46. The van der Waals surface area contributed by atoms with Gasteiger partial charge in [-0.2, -0.15) is 15.0 Å². The molecule has 0 saturated heterocycles. The Bertz CT molecular complexity index is 470. The molecule has 0 fully saturated rings. The normalized spacial score (nSPS) is 10.2. The van der Waals surface area contributed by atoms with Gasteiger partial charge in [0.05, 0.1) is 0 Å². The van der Waals surface area contributed by atoms with Crippen molar-refractivity contribution in [1.29, 1.82) is 0 Å². The molecule has 2 aromatic rings. The number of halogens is 2. The molecule has 0 radical (unpaired) electrons. The molecule has 1 aromatic carbocycles. The fourth-order valence-electron chi connectivity index (χ4n) is 1.37. The molecule has 0 spiro atoms. The predicted octanol–water partition coefficient (Wildman–Crippen LogP) is 2.83. The Morgan fingerprint density at radius 2 is 1.59 bits per heavy atom. The summed E-state index contributed by atoms with van der Waals surface area (Å²) in [6, 6.07) is 10.1. The lowest BCUT2D eigenvalue weighted by Crippen LogP contribution is -2.08. The molecule has 1 heterocycles. The number of benzene rings is 1. The van der Waals surface area contributed by atoms with Crippen LogP contribution in [0.25, 0.3) is 0 Å². The second kappa shape index (κ2) is 5.80. The first-order chi connectivity index (χ1) is 8.24. The molecule has 0 aliphatic rings. The Morgan fingerprint density at radius 3 is 2.24 bits per heavy atom. The molecule has 0 saturated carbocycles. The summed E-state index contributed by atoms with van der Waals surface area (Å²) in [4.78, 5) is 11.5. The van der Waals surface area contributed by atoms with Crippen LogP contribution in [0.15, 0.2) is 30.3 Å². The number of hydrogen-bond acceptors (Lipinski definition) is 4. The number of aromatic nitrogens is 3. The topological polar surface area (TPSA) is 50.7 Å². The third-order valence-electron chi connectivity index (χ3n) is 2.12. The lowest BCUT2D eigenvalue weighted by atomic mass is 10.1. The monoisotopic (exact) mass is 268 g/mol. The van der Waals surface area contributed by atoms with Crippen LogP contribution in [-0.4, -0.2) is 21.5 Å². The van der Waals surface area contributed by atoms with Gasteiger partial charge < -0.3 is 5.32 Å². The SMILES string of the molecule is Clc1nc(Cl)nc(NCCc2ccccc2)n1. The minimum absolute atomic E-state index is 0.0900. The van der Waals surface area contributed by atoms with Crippen molar-refractivity contribution in [1.82, 2.24) is 15.0 Å². The maximum absolute atomic E-state index is 5.66. The zero-order chi connectivity index (χ0) is 12.1. The van der Waals surface area contributed by atoms with Crippen LogP contribution in [0.4, 0.5) is 5.95 Å². The van der Waals surface area contributed by atoms with E-state index in [0.717, 1.165) is 6.42 Å². The smallest absolute Gasteiger partial charge is 0.228 e. The Labute approximate surface area is 109 Å². The van der Waals surface area contributed by atoms with E-state index in [1.807, 2.05) is 18.2 Å². The van der Waals surface area contributed by atoms with E-state index >= 15 is 0 Å². The number of rotatable bonds is 4. The molecular formula is C11H10Cl2N4. The van der Waals surface area contributed by atoms with Gasteiger partial charge in [-0.3, -0.25) is 0 Å². The number of anilines is 1. The molecule has 0 atom stereocenters. The standard InChI is InChI=1S/C11H10Cl2N4/c12-9-15-10(13)17-11(16-9)14-7-6-8-4-2-1-3-5-8/h1-5H,6-7H2,(H,14,15,16,17). The molecule has 88 valence electrons. The number of nitrogens with one attached hydrogen (secondary N) is 1. The summed E-state index contributed by atoms with van der Waals surface area (Å²) in [5, 5.41) is 3.22. The van der Waals surface area contributed by atoms with Gasteiger partial charge in [0.2, 0.25) is 16.5 Å². The predicted molar refractivity (Wildman–Crippen MR) is 68.5 cm³/mol. The van der Waals surface area contributed by atoms with Crippen LogP contribution in [0.5, 0.6) is 0 Å². The fourth-order valence-corrected chi connectivity index (χ4v) is 1.73. The van der Waals surface area contributed by atoms with Crippen LogP contribution in [0.2, 0.25) is 10.6 Å². The van der Waals surface area contributed by atoms with Gasteiger partial charge in [-0.15, -0.1) is 0 Å². The van der Waals surface area contributed by atoms with Crippen molar-refractivity contribution in [2.45, 2.75) is 6.42 Å². The molecule has 0 aliphatic heterocycles. The van der Waals surface area contributed by atoms with E-state index in [9.17, 15) is 0 Å². The lowest BCUT2D eigenvalue weighted by molar-refractivity contribution is 0.963. The van der Waals surface area contributed by atoms with Gasteiger partial charge in [-0.05, 0) is 35.2 Å².